The van der Waals surface area contributed by atoms with Gasteiger partial charge in [0, 0.05) is 22.3 Å². The lowest BCUT2D eigenvalue weighted by molar-refractivity contribution is 0.0815. The van der Waals surface area contributed by atoms with Crippen LogP contribution in [0.1, 0.15) is 36.6 Å². The summed E-state index contributed by atoms with van der Waals surface area (Å²) in [5.74, 6) is -1.58. The lowest BCUT2D eigenvalue weighted by atomic mass is 9.93. The lowest BCUT2D eigenvalue weighted by Crippen LogP contribution is -2.18. The molecule has 3 rings (SSSR count). The second-order valence-electron chi connectivity index (χ2n) is 5.27. The van der Waals surface area contributed by atoms with Crippen LogP contribution in [0.5, 0.6) is 0 Å². The molecule has 0 aliphatic carbocycles. The minimum absolute atomic E-state index is 0.125. The standard InChI is InChI=1S/C21H14O3/c22-19(15-9-3-1-4-10-15)17-13-7-8-14-18(17)21(24)20(23)16-11-5-2-6-12-16/h1-14H. The van der Waals surface area contributed by atoms with Crippen LogP contribution >= 0.6 is 0 Å². The van der Waals surface area contributed by atoms with Crippen molar-refractivity contribution in [2.75, 3.05) is 0 Å². The van der Waals surface area contributed by atoms with Crippen molar-refractivity contribution in [2.24, 2.45) is 0 Å². The van der Waals surface area contributed by atoms with Crippen LogP contribution in [0.25, 0.3) is 0 Å². The van der Waals surface area contributed by atoms with Gasteiger partial charge in [-0.3, -0.25) is 14.4 Å². The Balaban J connectivity index is 1.99. The topological polar surface area (TPSA) is 51.2 Å². The maximum absolute atomic E-state index is 12.7. The van der Waals surface area contributed by atoms with Gasteiger partial charge >= 0.3 is 0 Å². The van der Waals surface area contributed by atoms with Crippen molar-refractivity contribution in [1.29, 1.82) is 0 Å². The van der Waals surface area contributed by atoms with Crippen molar-refractivity contribution in [1.82, 2.24) is 0 Å². The summed E-state index contributed by atoms with van der Waals surface area (Å²) in [6.07, 6.45) is 0. The molecule has 0 atom stereocenters. The van der Waals surface area contributed by atoms with Crippen LogP contribution in [-0.4, -0.2) is 17.3 Å². The summed E-state index contributed by atoms with van der Waals surface area (Å²) in [5, 5.41) is 0. The van der Waals surface area contributed by atoms with Gasteiger partial charge in [-0.25, -0.2) is 0 Å². The van der Waals surface area contributed by atoms with E-state index in [9.17, 15) is 14.4 Å². The molecule has 3 aromatic rings. The maximum Gasteiger partial charge on any atom is 0.234 e. The van der Waals surface area contributed by atoms with Crippen LogP contribution in [0.2, 0.25) is 0 Å². The smallest absolute Gasteiger partial charge is 0.234 e. The Morgan fingerprint density at radius 2 is 0.917 bits per heavy atom. The molecule has 3 nitrogen and oxygen atoms in total. The van der Waals surface area contributed by atoms with E-state index in [1.165, 1.54) is 6.07 Å². The van der Waals surface area contributed by atoms with E-state index < -0.39 is 11.6 Å². The fourth-order valence-corrected chi connectivity index (χ4v) is 2.47. The molecule has 3 aromatic carbocycles. The van der Waals surface area contributed by atoms with Gasteiger partial charge in [0.1, 0.15) is 0 Å². The summed E-state index contributed by atoms with van der Waals surface area (Å²) in [6.45, 7) is 0. The van der Waals surface area contributed by atoms with Gasteiger partial charge in [0.25, 0.3) is 0 Å². The minimum atomic E-state index is -0.680. The first-order valence-electron chi connectivity index (χ1n) is 7.51. The SMILES string of the molecule is O=C(C(=O)c1ccccc1C(=O)c1ccccc1)c1ccccc1. The molecule has 0 N–H and O–H groups in total. The molecule has 0 radical (unpaired) electrons. The summed E-state index contributed by atoms with van der Waals surface area (Å²) < 4.78 is 0. The van der Waals surface area contributed by atoms with Gasteiger partial charge in [-0.05, 0) is 0 Å². The molecule has 0 amide bonds. The highest BCUT2D eigenvalue weighted by Crippen LogP contribution is 2.17. The number of hydrogen-bond acceptors (Lipinski definition) is 3. The highest BCUT2D eigenvalue weighted by atomic mass is 16.2. The molecule has 0 saturated carbocycles. The average Bonchev–Trinajstić information content (AvgIpc) is 2.67. The van der Waals surface area contributed by atoms with Crippen LogP contribution < -0.4 is 0 Å². The van der Waals surface area contributed by atoms with Crippen LogP contribution in [0.15, 0.2) is 84.9 Å². The normalized spacial score (nSPS) is 10.2. The Kier molecular flexibility index (Phi) is 4.43. The van der Waals surface area contributed by atoms with E-state index in [1.807, 2.05) is 6.07 Å². The van der Waals surface area contributed by atoms with E-state index in [4.69, 9.17) is 0 Å². The number of rotatable bonds is 5. The highest BCUT2D eigenvalue weighted by Gasteiger charge is 2.23. The van der Waals surface area contributed by atoms with E-state index >= 15 is 0 Å². The van der Waals surface area contributed by atoms with Gasteiger partial charge in [-0.1, -0.05) is 84.9 Å². The molecule has 0 heterocycles. The minimum Gasteiger partial charge on any atom is -0.289 e. The fraction of sp³-hybridized carbons (Fsp3) is 0. The predicted octanol–water partition coefficient (Wildman–Crippen LogP) is 3.98. The molecule has 0 unspecified atom stereocenters. The average molecular weight is 314 g/mol. The first-order chi connectivity index (χ1) is 11.7. The monoisotopic (exact) mass is 314 g/mol. The number of Topliss-reactive ketones (excluding diaryl/α,β-unsaturated/α-hetero) is 2. The van der Waals surface area contributed by atoms with E-state index in [0.717, 1.165) is 0 Å². The molecule has 116 valence electrons. The summed E-state index contributed by atoms with van der Waals surface area (Å²) in [4.78, 5) is 37.7. The van der Waals surface area contributed by atoms with Gasteiger partial charge in [-0.15, -0.1) is 0 Å². The molecule has 0 bridgehead atoms. The summed E-state index contributed by atoms with van der Waals surface area (Å²) >= 11 is 0. The Hall–Kier alpha value is -3.33. The second kappa shape index (κ2) is 6.84. The number of benzene rings is 3. The van der Waals surface area contributed by atoms with Crippen molar-refractivity contribution in [2.45, 2.75) is 0 Å². The molecular weight excluding hydrogens is 300 g/mol. The molecule has 0 aromatic heterocycles. The van der Waals surface area contributed by atoms with Crippen molar-refractivity contribution < 1.29 is 14.4 Å². The zero-order chi connectivity index (χ0) is 16.9. The van der Waals surface area contributed by atoms with Gasteiger partial charge in [-0.2, -0.15) is 0 Å². The van der Waals surface area contributed by atoms with E-state index in [2.05, 4.69) is 0 Å². The predicted molar refractivity (Wildman–Crippen MR) is 91.4 cm³/mol. The zero-order valence-corrected chi connectivity index (χ0v) is 12.8. The van der Waals surface area contributed by atoms with Gasteiger partial charge in [0.05, 0.1) is 0 Å². The summed E-state index contributed by atoms with van der Waals surface area (Å²) in [7, 11) is 0. The van der Waals surface area contributed by atoms with Crippen molar-refractivity contribution in [3.8, 4) is 0 Å². The molecule has 0 spiro atoms. The summed E-state index contributed by atoms with van der Waals surface area (Å²) in [5.41, 5.74) is 1.15. The first kappa shape index (κ1) is 15.6. The molecule has 24 heavy (non-hydrogen) atoms. The Bertz CT molecular complexity index is 897. The van der Waals surface area contributed by atoms with Gasteiger partial charge in [0.2, 0.25) is 11.6 Å². The number of carbonyl (C=O) groups is 3. The van der Waals surface area contributed by atoms with Crippen molar-refractivity contribution in [3.05, 3.63) is 107 Å². The van der Waals surface area contributed by atoms with E-state index in [-0.39, 0.29) is 16.9 Å². The van der Waals surface area contributed by atoms with Crippen LogP contribution in [0.3, 0.4) is 0 Å². The van der Waals surface area contributed by atoms with Crippen LogP contribution in [0.4, 0.5) is 0 Å². The van der Waals surface area contributed by atoms with Crippen molar-refractivity contribution in [3.63, 3.8) is 0 Å². The summed E-state index contributed by atoms with van der Waals surface area (Å²) in [6, 6.07) is 23.4. The highest BCUT2D eigenvalue weighted by molar-refractivity contribution is 6.50. The number of hydrogen-bond donors (Lipinski definition) is 0. The molecule has 0 aliphatic heterocycles. The van der Waals surface area contributed by atoms with Crippen LogP contribution in [0, 0.1) is 0 Å². The fourth-order valence-electron chi connectivity index (χ4n) is 2.47. The lowest BCUT2D eigenvalue weighted by Gasteiger charge is -2.07. The second-order valence-corrected chi connectivity index (χ2v) is 5.27. The molecule has 3 heteroatoms. The third-order valence-corrected chi connectivity index (χ3v) is 3.69. The van der Waals surface area contributed by atoms with Gasteiger partial charge in [0.15, 0.2) is 5.78 Å². The largest absolute Gasteiger partial charge is 0.289 e. The quantitative estimate of drug-likeness (QED) is 0.528. The van der Waals surface area contributed by atoms with E-state index in [1.54, 1.807) is 72.8 Å². The maximum atomic E-state index is 12.7. The molecule has 0 saturated heterocycles. The molecule has 0 fully saturated rings. The Morgan fingerprint density at radius 3 is 1.50 bits per heavy atom. The van der Waals surface area contributed by atoms with Crippen molar-refractivity contribution >= 4 is 17.3 Å². The third-order valence-electron chi connectivity index (χ3n) is 3.69. The number of ketones is 3. The third kappa shape index (κ3) is 3.06. The Labute approximate surface area is 139 Å². The molecule has 0 aliphatic rings. The Morgan fingerprint density at radius 1 is 0.458 bits per heavy atom. The number of carbonyl (C=O) groups excluding carboxylic acids is 3. The zero-order valence-electron chi connectivity index (χ0n) is 12.8. The van der Waals surface area contributed by atoms with E-state index in [0.29, 0.717) is 11.1 Å². The molecular formula is C21H14O3. The first-order valence-corrected chi connectivity index (χ1v) is 7.51. The van der Waals surface area contributed by atoms with Crippen LogP contribution in [-0.2, 0) is 0 Å². The van der Waals surface area contributed by atoms with Gasteiger partial charge < -0.3 is 0 Å².